The number of carbonyl (C=O) groups is 2. The number of aliphatic hydroxyl groups is 1. The van der Waals surface area contributed by atoms with Gasteiger partial charge in [-0.2, -0.15) is 0 Å². The Hall–Kier alpha value is -1.14. The normalized spacial score (nSPS) is 14.7. The van der Waals surface area contributed by atoms with Gasteiger partial charge in [-0.25, -0.2) is 0 Å². The molecule has 6 heteroatoms. The number of primary amides is 1. The maximum atomic E-state index is 11.3. The number of rotatable bonds is 6. The number of carbonyl (C=O) groups excluding carboxylic acids is 2. The highest BCUT2D eigenvalue weighted by Crippen LogP contribution is 2.02. The highest BCUT2D eigenvalue weighted by atomic mass is 16.3. The van der Waals surface area contributed by atoms with E-state index >= 15 is 0 Å². The Labute approximate surface area is 89.0 Å². The van der Waals surface area contributed by atoms with E-state index in [-0.39, 0.29) is 12.5 Å². The quantitative estimate of drug-likeness (QED) is 0.425. The average Bonchev–Trinajstić information content (AvgIpc) is 2.12. The average molecular weight is 217 g/mol. The summed E-state index contributed by atoms with van der Waals surface area (Å²) in [6.45, 7) is 3.71. The summed E-state index contributed by atoms with van der Waals surface area (Å²) in [4.78, 5) is 21.8. The number of hydrogen-bond acceptors (Lipinski definition) is 4. The molecule has 0 fully saturated rings. The summed E-state index contributed by atoms with van der Waals surface area (Å²) in [5.74, 6) is -0.941. The topological polar surface area (TPSA) is 118 Å². The zero-order valence-corrected chi connectivity index (χ0v) is 9.06. The molecule has 0 saturated heterocycles. The monoisotopic (exact) mass is 217 g/mol. The zero-order chi connectivity index (χ0) is 12.0. The molecule has 88 valence electrons. The summed E-state index contributed by atoms with van der Waals surface area (Å²) in [5, 5.41) is 11.4. The maximum Gasteiger partial charge on any atom is 0.248 e. The molecule has 0 bridgehead atoms. The Balaban J connectivity index is 3.88. The van der Waals surface area contributed by atoms with Crippen LogP contribution in [0.4, 0.5) is 0 Å². The van der Waals surface area contributed by atoms with Gasteiger partial charge < -0.3 is 21.9 Å². The molecule has 0 rings (SSSR count). The molecule has 0 aromatic rings. The van der Waals surface area contributed by atoms with Crippen LogP contribution in [-0.4, -0.2) is 35.6 Å². The predicted octanol–water partition coefficient (Wildman–Crippen LogP) is -1.68. The van der Waals surface area contributed by atoms with E-state index in [1.54, 1.807) is 0 Å². The molecule has 0 aromatic heterocycles. The number of nitrogens with one attached hydrogen (secondary N) is 1. The highest BCUT2D eigenvalue weighted by molar-refractivity contribution is 5.83. The van der Waals surface area contributed by atoms with Crippen molar-refractivity contribution in [3.05, 3.63) is 0 Å². The molecule has 15 heavy (non-hydrogen) atoms. The van der Waals surface area contributed by atoms with Crippen LogP contribution in [-0.2, 0) is 9.59 Å². The first kappa shape index (κ1) is 13.9. The molecule has 0 radical (unpaired) electrons. The van der Waals surface area contributed by atoms with Crippen molar-refractivity contribution in [1.82, 2.24) is 5.32 Å². The lowest BCUT2D eigenvalue weighted by Gasteiger charge is -2.15. The first-order chi connectivity index (χ1) is 6.84. The van der Waals surface area contributed by atoms with Crippen molar-refractivity contribution in [1.29, 1.82) is 0 Å². The van der Waals surface area contributed by atoms with Gasteiger partial charge in [0.15, 0.2) is 0 Å². The first-order valence-corrected chi connectivity index (χ1v) is 4.85. The van der Waals surface area contributed by atoms with Gasteiger partial charge in [-0.3, -0.25) is 9.59 Å². The van der Waals surface area contributed by atoms with Crippen molar-refractivity contribution in [2.24, 2.45) is 17.4 Å². The van der Waals surface area contributed by atoms with Crippen LogP contribution in [0.25, 0.3) is 0 Å². The largest absolute Gasteiger partial charge is 0.381 e. The minimum atomic E-state index is -1.36. The molecule has 0 aliphatic heterocycles. The molecule has 0 spiro atoms. The fourth-order valence-corrected chi connectivity index (χ4v) is 1.04. The third-order valence-electron chi connectivity index (χ3n) is 1.86. The lowest BCUT2D eigenvalue weighted by Crippen LogP contribution is -2.46. The van der Waals surface area contributed by atoms with Crippen LogP contribution in [0.5, 0.6) is 0 Å². The van der Waals surface area contributed by atoms with Gasteiger partial charge in [-0.15, -0.1) is 0 Å². The summed E-state index contributed by atoms with van der Waals surface area (Å²) in [5.41, 5.74) is 10.4. The molecule has 6 N–H and O–H groups in total. The second-order valence-electron chi connectivity index (χ2n) is 3.90. The van der Waals surface area contributed by atoms with Gasteiger partial charge in [-0.1, -0.05) is 13.8 Å². The van der Waals surface area contributed by atoms with Crippen LogP contribution in [0.15, 0.2) is 0 Å². The molecule has 0 heterocycles. The van der Waals surface area contributed by atoms with Crippen molar-refractivity contribution in [2.45, 2.75) is 32.4 Å². The van der Waals surface area contributed by atoms with Gasteiger partial charge in [0.05, 0.1) is 12.6 Å². The van der Waals surface area contributed by atoms with E-state index in [0.29, 0.717) is 12.3 Å². The molecule has 0 aliphatic rings. The van der Waals surface area contributed by atoms with Gasteiger partial charge in [0.25, 0.3) is 0 Å². The van der Waals surface area contributed by atoms with E-state index in [2.05, 4.69) is 5.32 Å². The maximum absolute atomic E-state index is 11.3. The van der Waals surface area contributed by atoms with Crippen molar-refractivity contribution in [3.63, 3.8) is 0 Å². The van der Waals surface area contributed by atoms with Gasteiger partial charge in [0, 0.05) is 0 Å². The van der Waals surface area contributed by atoms with Crippen LogP contribution in [0, 0.1) is 5.92 Å². The van der Waals surface area contributed by atoms with Crippen molar-refractivity contribution < 1.29 is 14.7 Å². The Morgan fingerprint density at radius 3 is 2.33 bits per heavy atom. The SMILES string of the molecule is CC(C)C[C@@H](N)C(=O)NCC(O)C(N)=O. The van der Waals surface area contributed by atoms with E-state index in [1.807, 2.05) is 13.8 Å². The summed E-state index contributed by atoms with van der Waals surface area (Å²) >= 11 is 0. The minimum absolute atomic E-state index is 0.194. The van der Waals surface area contributed by atoms with Crippen molar-refractivity contribution in [3.8, 4) is 0 Å². The molecule has 0 saturated carbocycles. The van der Waals surface area contributed by atoms with E-state index in [0.717, 1.165) is 0 Å². The van der Waals surface area contributed by atoms with E-state index < -0.39 is 18.1 Å². The second-order valence-corrected chi connectivity index (χ2v) is 3.90. The number of hydrogen-bond donors (Lipinski definition) is 4. The summed E-state index contributed by atoms with van der Waals surface area (Å²) in [7, 11) is 0. The van der Waals surface area contributed by atoms with Crippen molar-refractivity contribution >= 4 is 11.8 Å². The van der Waals surface area contributed by atoms with E-state index in [1.165, 1.54) is 0 Å². The van der Waals surface area contributed by atoms with E-state index in [9.17, 15) is 9.59 Å². The minimum Gasteiger partial charge on any atom is -0.381 e. The molecular formula is C9H19N3O3. The summed E-state index contributed by atoms with van der Waals surface area (Å²) < 4.78 is 0. The van der Waals surface area contributed by atoms with Crippen LogP contribution in [0.1, 0.15) is 20.3 Å². The lowest BCUT2D eigenvalue weighted by atomic mass is 10.0. The van der Waals surface area contributed by atoms with Crippen LogP contribution in [0.3, 0.4) is 0 Å². The van der Waals surface area contributed by atoms with Gasteiger partial charge in [0.1, 0.15) is 6.10 Å². The molecule has 6 nitrogen and oxygen atoms in total. The lowest BCUT2D eigenvalue weighted by molar-refractivity contribution is -0.127. The fraction of sp³-hybridized carbons (Fsp3) is 0.778. The third kappa shape index (κ3) is 6.03. The first-order valence-electron chi connectivity index (χ1n) is 4.85. The number of nitrogens with two attached hydrogens (primary N) is 2. The third-order valence-corrected chi connectivity index (χ3v) is 1.86. The van der Waals surface area contributed by atoms with Gasteiger partial charge in [-0.05, 0) is 12.3 Å². The van der Waals surface area contributed by atoms with Crippen LogP contribution >= 0.6 is 0 Å². The van der Waals surface area contributed by atoms with Gasteiger partial charge in [0.2, 0.25) is 11.8 Å². The fourth-order valence-electron chi connectivity index (χ4n) is 1.04. The Bertz CT molecular complexity index is 231. The smallest absolute Gasteiger partial charge is 0.248 e. The summed E-state index contributed by atoms with van der Waals surface area (Å²) in [6.07, 6.45) is -0.807. The van der Waals surface area contributed by atoms with Crippen LogP contribution < -0.4 is 16.8 Å². The van der Waals surface area contributed by atoms with Crippen molar-refractivity contribution in [2.75, 3.05) is 6.54 Å². The Morgan fingerprint density at radius 1 is 1.40 bits per heavy atom. The van der Waals surface area contributed by atoms with E-state index in [4.69, 9.17) is 16.6 Å². The number of amides is 2. The molecule has 2 atom stereocenters. The number of aliphatic hydroxyl groups excluding tert-OH is 1. The Morgan fingerprint density at radius 2 is 1.93 bits per heavy atom. The molecule has 0 aliphatic carbocycles. The van der Waals surface area contributed by atoms with Crippen LogP contribution in [0.2, 0.25) is 0 Å². The molecule has 0 aromatic carbocycles. The van der Waals surface area contributed by atoms with Gasteiger partial charge >= 0.3 is 0 Å². The molecule has 2 amide bonds. The molecule has 1 unspecified atom stereocenters. The summed E-state index contributed by atoms with van der Waals surface area (Å²) in [6, 6.07) is -0.620. The zero-order valence-electron chi connectivity index (χ0n) is 9.06. The Kier molecular flexibility index (Phi) is 5.88. The standard InChI is InChI=1S/C9H19N3O3/c1-5(2)3-6(10)9(15)12-4-7(13)8(11)14/h5-7,13H,3-4,10H2,1-2H3,(H2,11,14)(H,12,15)/t6-,7?/m1/s1. The second kappa shape index (κ2) is 6.36. The predicted molar refractivity (Wildman–Crippen MR) is 55.6 cm³/mol. The highest BCUT2D eigenvalue weighted by Gasteiger charge is 2.17. The molecular weight excluding hydrogens is 198 g/mol.